The highest BCUT2D eigenvalue weighted by Gasteiger charge is 2.42. The second kappa shape index (κ2) is 6.62. The van der Waals surface area contributed by atoms with Gasteiger partial charge in [0.1, 0.15) is 17.1 Å². The van der Waals surface area contributed by atoms with Gasteiger partial charge in [-0.05, 0) is 57.7 Å². The number of nitrogens with zero attached hydrogens (tertiary/aromatic N) is 1. The fraction of sp³-hybridized carbons (Fsp3) is 0.550. The van der Waals surface area contributed by atoms with E-state index in [0.717, 1.165) is 36.3 Å². The molecule has 1 aromatic carbocycles. The second-order valence-corrected chi connectivity index (χ2v) is 7.62. The maximum absolute atomic E-state index is 12.6. The van der Waals surface area contributed by atoms with Crippen LogP contribution < -0.4 is 9.47 Å². The number of methoxy groups -OCH3 is 2. The minimum atomic E-state index is -0.480. The van der Waals surface area contributed by atoms with Gasteiger partial charge in [0.05, 0.1) is 25.8 Å². The van der Waals surface area contributed by atoms with Gasteiger partial charge in [0.2, 0.25) is 0 Å². The van der Waals surface area contributed by atoms with Crippen molar-refractivity contribution in [3.05, 3.63) is 29.8 Å². The highest BCUT2D eigenvalue weighted by atomic mass is 16.6. The van der Waals surface area contributed by atoms with Gasteiger partial charge in [-0.15, -0.1) is 0 Å². The molecule has 2 aliphatic heterocycles. The number of hydrogen-bond donors (Lipinski definition) is 0. The molecule has 5 nitrogen and oxygen atoms in total. The Morgan fingerprint density at radius 2 is 1.76 bits per heavy atom. The molecule has 2 bridgehead atoms. The molecule has 0 N–H and O–H groups in total. The first kappa shape index (κ1) is 17.6. The van der Waals surface area contributed by atoms with Crippen molar-refractivity contribution >= 4 is 11.7 Å². The molecule has 2 aliphatic rings. The molecule has 25 heavy (non-hydrogen) atoms. The quantitative estimate of drug-likeness (QED) is 0.821. The van der Waals surface area contributed by atoms with E-state index in [9.17, 15) is 4.79 Å². The van der Waals surface area contributed by atoms with E-state index in [-0.39, 0.29) is 18.2 Å². The average Bonchev–Trinajstić information content (AvgIpc) is 2.83. The lowest BCUT2D eigenvalue weighted by atomic mass is 9.93. The SMILES string of the molecule is COc1cccc(OC)c1C1=CC2CCC(C1)N2C(=O)OC(C)(C)C. The predicted molar refractivity (Wildman–Crippen MR) is 97.0 cm³/mol. The zero-order valence-corrected chi connectivity index (χ0v) is 15.7. The molecule has 136 valence electrons. The largest absolute Gasteiger partial charge is 0.496 e. The van der Waals surface area contributed by atoms with Crippen LogP contribution in [-0.4, -0.2) is 42.9 Å². The van der Waals surface area contributed by atoms with Crippen molar-refractivity contribution in [1.29, 1.82) is 0 Å². The fourth-order valence-corrected chi connectivity index (χ4v) is 3.78. The Hall–Kier alpha value is -2.17. The molecule has 1 aromatic rings. The number of carbonyl (C=O) groups excluding carboxylic acids is 1. The van der Waals surface area contributed by atoms with E-state index in [2.05, 4.69) is 6.08 Å². The van der Waals surface area contributed by atoms with E-state index in [1.54, 1.807) is 14.2 Å². The summed E-state index contributed by atoms with van der Waals surface area (Å²) in [6.07, 6.45) is 4.69. The molecular formula is C20H27NO4. The third-order valence-electron chi connectivity index (χ3n) is 4.75. The van der Waals surface area contributed by atoms with Crippen LogP contribution in [-0.2, 0) is 4.74 Å². The van der Waals surface area contributed by atoms with Crippen LogP contribution in [0.15, 0.2) is 24.3 Å². The molecule has 1 fully saturated rings. The highest BCUT2D eigenvalue weighted by Crippen LogP contribution is 2.44. The maximum Gasteiger partial charge on any atom is 0.411 e. The molecule has 2 heterocycles. The molecule has 0 aromatic heterocycles. The van der Waals surface area contributed by atoms with Gasteiger partial charge in [0.25, 0.3) is 0 Å². The molecule has 5 heteroatoms. The van der Waals surface area contributed by atoms with Crippen molar-refractivity contribution in [2.75, 3.05) is 14.2 Å². The first-order valence-corrected chi connectivity index (χ1v) is 8.77. The fourth-order valence-electron chi connectivity index (χ4n) is 3.78. The summed E-state index contributed by atoms with van der Waals surface area (Å²) < 4.78 is 16.7. The molecule has 2 atom stereocenters. The number of rotatable bonds is 3. The first-order valence-electron chi connectivity index (χ1n) is 8.77. The maximum atomic E-state index is 12.6. The second-order valence-electron chi connectivity index (χ2n) is 7.62. The van der Waals surface area contributed by atoms with Crippen molar-refractivity contribution in [2.24, 2.45) is 0 Å². The Balaban J connectivity index is 1.92. The highest BCUT2D eigenvalue weighted by molar-refractivity contribution is 5.79. The first-order chi connectivity index (χ1) is 11.8. The summed E-state index contributed by atoms with van der Waals surface area (Å²) in [6.45, 7) is 5.70. The van der Waals surface area contributed by atoms with Crippen LogP contribution in [0.1, 0.15) is 45.6 Å². The Morgan fingerprint density at radius 3 is 2.28 bits per heavy atom. The molecule has 1 amide bonds. The average molecular weight is 345 g/mol. The van der Waals surface area contributed by atoms with Crippen molar-refractivity contribution in [1.82, 2.24) is 4.90 Å². The van der Waals surface area contributed by atoms with Gasteiger partial charge in [0, 0.05) is 6.04 Å². The Kier molecular flexibility index (Phi) is 4.67. The number of ether oxygens (including phenoxy) is 3. The zero-order valence-electron chi connectivity index (χ0n) is 15.7. The summed E-state index contributed by atoms with van der Waals surface area (Å²) in [4.78, 5) is 14.5. The van der Waals surface area contributed by atoms with Crippen LogP contribution in [0.5, 0.6) is 11.5 Å². The molecule has 0 radical (unpaired) electrons. The smallest absolute Gasteiger partial charge is 0.411 e. The summed E-state index contributed by atoms with van der Waals surface area (Å²) in [7, 11) is 3.34. The molecule has 2 unspecified atom stereocenters. The minimum absolute atomic E-state index is 0.0678. The molecule has 0 saturated carbocycles. The lowest BCUT2D eigenvalue weighted by Gasteiger charge is -2.35. The van der Waals surface area contributed by atoms with Gasteiger partial charge in [0.15, 0.2) is 0 Å². The lowest BCUT2D eigenvalue weighted by molar-refractivity contribution is 0.0175. The number of hydrogen-bond acceptors (Lipinski definition) is 4. The number of benzene rings is 1. The minimum Gasteiger partial charge on any atom is -0.496 e. The Bertz CT molecular complexity index is 667. The van der Waals surface area contributed by atoms with Crippen LogP contribution >= 0.6 is 0 Å². The Labute approximate surface area is 149 Å². The van der Waals surface area contributed by atoms with Gasteiger partial charge < -0.3 is 14.2 Å². The molecular weight excluding hydrogens is 318 g/mol. The van der Waals surface area contributed by atoms with Crippen LogP contribution in [0, 0.1) is 0 Å². The number of fused-ring (bicyclic) bond motifs is 2. The van der Waals surface area contributed by atoms with Gasteiger partial charge in [-0.25, -0.2) is 4.79 Å². The molecule has 1 saturated heterocycles. The molecule has 0 spiro atoms. The van der Waals surface area contributed by atoms with E-state index < -0.39 is 5.60 Å². The van der Waals surface area contributed by atoms with Crippen LogP contribution in [0.4, 0.5) is 4.79 Å². The van der Waals surface area contributed by atoms with Gasteiger partial charge in [-0.1, -0.05) is 12.1 Å². The van der Waals surface area contributed by atoms with Gasteiger partial charge >= 0.3 is 6.09 Å². The van der Waals surface area contributed by atoms with Crippen molar-refractivity contribution in [3.8, 4) is 11.5 Å². The van der Waals surface area contributed by atoms with Crippen molar-refractivity contribution < 1.29 is 19.0 Å². The Morgan fingerprint density at radius 1 is 1.12 bits per heavy atom. The monoisotopic (exact) mass is 345 g/mol. The van der Waals surface area contributed by atoms with Crippen LogP contribution in [0.2, 0.25) is 0 Å². The molecule has 3 rings (SSSR count). The summed E-state index contributed by atoms with van der Waals surface area (Å²) in [6, 6.07) is 6.04. The number of carbonyl (C=O) groups is 1. The summed E-state index contributed by atoms with van der Waals surface area (Å²) in [5.74, 6) is 1.60. The van der Waals surface area contributed by atoms with Crippen LogP contribution in [0.3, 0.4) is 0 Å². The summed E-state index contributed by atoms with van der Waals surface area (Å²) in [5.41, 5.74) is 1.70. The van der Waals surface area contributed by atoms with Gasteiger partial charge in [-0.2, -0.15) is 0 Å². The topological polar surface area (TPSA) is 48.0 Å². The van der Waals surface area contributed by atoms with E-state index in [0.29, 0.717) is 0 Å². The van der Waals surface area contributed by atoms with Crippen molar-refractivity contribution in [2.45, 2.75) is 57.7 Å². The van der Waals surface area contributed by atoms with Crippen LogP contribution in [0.25, 0.3) is 5.57 Å². The normalized spacial score (nSPS) is 22.4. The third kappa shape index (κ3) is 3.46. The van der Waals surface area contributed by atoms with Crippen molar-refractivity contribution in [3.63, 3.8) is 0 Å². The third-order valence-corrected chi connectivity index (χ3v) is 4.75. The zero-order chi connectivity index (χ0) is 18.2. The summed E-state index contributed by atoms with van der Waals surface area (Å²) in [5, 5.41) is 0. The predicted octanol–water partition coefficient (Wildman–Crippen LogP) is 4.26. The molecule has 0 aliphatic carbocycles. The standard InChI is InChI=1S/C20H27NO4/c1-20(2,3)25-19(22)21-14-9-10-15(21)12-13(11-14)18-16(23-4)7-6-8-17(18)24-5/h6-8,11,14-15H,9-10,12H2,1-5H3. The van der Waals surface area contributed by atoms with E-state index in [1.807, 2.05) is 43.9 Å². The van der Waals surface area contributed by atoms with E-state index in [1.165, 1.54) is 5.57 Å². The summed E-state index contributed by atoms with van der Waals surface area (Å²) >= 11 is 0. The van der Waals surface area contributed by atoms with E-state index in [4.69, 9.17) is 14.2 Å². The van der Waals surface area contributed by atoms with E-state index >= 15 is 0 Å². The lowest BCUT2D eigenvalue weighted by Crippen LogP contribution is -2.45. The van der Waals surface area contributed by atoms with Gasteiger partial charge in [-0.3, -0.25) is 4.90 Å². The number of amides is 1.